The van der Waals surface area contributed by atoms with Crippen LogP contribution in [0.5, 0.6) is 5.75 Å². The Hall–Kier alpha value is -2.88. The molecule has 3 aromatic rings. The van der Waals surface area contributed by atoms with Crippen LogP contribution in [-0.4, -0.2) is 23.4 Å². The molecule has 0 bridgehead atoms. The number of carbonyl (C=O) groups is 1. The van der Waals surface area contributed by atoms with Crippen molar-refractivity contribution >= 4 is 22.9 Å². The highest BCUT2D eigenvalue weighted by Crippen LogP contribution is 2.23. The molecule has 0 saturated heterocycles. The van der Waals surface area contributed by atoms with E-state index < -0.39 is 0 Å². The van der Waals surface area contributed by atoms with Gasteiger partial charge in [-0.15, -0.1) is 0 Å². The number of aromatic hydroxyl groups is 1. The van der Waals surface area contributed by atoms with E-state index in [1.54, 1.807) is 24.4 Å². The second kappa shape index (κ2) is 7.05. The normalized spacial score (nSPS) is 9.57. The van der Waals surface area contributed by atoms with Crippen molar-refractivity contribution in [1.82, 2.24) is 4.98 Å². The molecular weight excluding hydrogens is 264 g/mol. The molecule has 1 aromatic heterocycles. The molecule has 2 aromatic carbocycles. The first-order valence-electron chi connectivity index (χ1n) is 6.51. The molecule has 0 aliphatic carbocycles. The van der Waals surface area contributed by atoms with Crippen LogP contribution in [0.25, 0.3) is 10.9 Å². The lowest BCUT2D eigenvalue weighted by Crippen LogP contribution is -1.85. The number of benzene rings is 2. The second-order valence-corrected chi connectivity index (χ2v) is 4.31. The number of aldehydes is 1. The first-order valence-corrected chi connectivity index (χ1v) is 6.51. The van der Waals surface area contributed by atoms with Crippen LogP contribution in [0.3, 0.4) is 0 Å². The zero-order chi connectivity index (χ0) is 15.1. The number of pyridine rings is 1. The van der Waals surface area contributed by atoms with Gasteiger partial charge in [0.1, 0.15) is 11.3 Å². The van der Waals surface area contributed by atoms with Crippen molar-refractivity contribution in [3.63, 3.8) is 0 Å². The third kappa shape index (κ3) is 3.57. The van der Waals surface area contributed by atoms with E-state index >= 15 is 0 Å². The van der Waals surface area contributed by atoms with Crippen LogP contribution < -0.4 is 5.32 Å². The molecule has 0 atom stereocenters. The number of fused-ring (bicyclic) bond motifs is 1. The minimum Gasteiger partial charge on any atom is -0.506 e. The predicted molar refractivity (Wildman–Crippen MR) is 84.8 cm³/mol. The van der Waals surface area contributed by atoms with Gasteiger partial charge in [-0.3, -0.25) is 9.78 Å². The van der Waals surface area contributed by atoms with Gasteiger partial charge >= 0.3 is 0 Å². The lowest BCUT2D eigenvalue weighted by atomic mass is 10.1. The van der Waals surface area contributed by atoms with Crippen LogP contribution >= 0.6 is 0 Å². The number of phenolic OH excluding ortho intramolecular Hbond substituents is 1. The fraction of sp³-hybridized carbons (Fsp3) is 0.0588. The molecule has 4 heteroatoms. The zero-order valence-corrected chi connectivity index (χ0v) is 11.7. The molecule has 4 nitrogen and oxygen atoms in total. The van der Waals surface area contributed by atoms with Crippen LogP contribution in [0.1, 0.15) is 10.4 Å². The highest BCUT2D eigenvalue weighted by molar-refractivity contribution is 5.98. The van der Waals surface area contributed by atoms with Crippen molar-refractivity contribution in [2.45, 2.75) is 0 Å². The first kappa shape index (κ1) is 14.5. The van der Waals surface area contributed by atoms with Crippen LogP contribution in [0.15, 0.2) is 60.8 Å². The maximum Gasteiger partial charge on any atom is 0.150 e. The predicted octanol–water partition coefficient (Wildman–Crippen LogP) is 3.48. The minimum absolute atomic E-state index is 0.0983. The highest BCUT2D eigenvalue weighted by Gasteiger charge is 2.03. The summed E-state index contributed by atoms with van der Waals surface area (Å²) in [6.07, 6.45) is 2.33. The van der Waals surface area contributed by atoms with Gasteiger partial charge in [0.2, 0.25) is 0 Å². The first-order chi connectivity index (χ1) is 10.3. The lowest BCUT2D eigenvalue weighted by Gasteiger charge is -2.00. The van der Waals surface area contributed by atoms with E-state index in [1.165, 1.54) is 6.07 Å². The largest absolute Gasteiger partial charge is 0.506 e. The van der Waals surface area contributed by atoms with E-state index in [2.05, 4.69) is 10.3 Å². The monoisotopic (exact) mass is 280 g/mol. The number of hydrogen-bond donors (Lipinski definition) is 2. The maximum absolute atomic E-state index is 10.6. The Balaban J connectivity index is 0.000000173. The Bertz CT molecular complexity index is 727. The average molecular weight is 280 g/mol. The third-order valence-electron chi connectivity index (χ3n) is 2.97. The average Bonchev–Trinajstić information content (AvgIpc) is 2.57. The number of phenols is 1. The summed E-state index contributed by atoms with van der Waals surface area (Å²) < 4.78 is 0. The minimum atomic E-state index is 0.0983. The summed E-state index contributed by atoms with van der Waals surface area (Å²) in [5.41, 5.74) is 2.17. The zero-order valence-electron chi connectivity index (χ0n) is 11.7. The van der Waals surface area contributed by atoms with Crippen molar-refractivity contribution in [2.24, 2.45) is 0 Å². The van der Waals surface area contributed by atoms with Crippen LogP contribution in [0.4, 0.5) is 5.69 Å². The summed E-state index contributed by atoms with van der Waals surface area (Å²) in [6, 6.07) is 16.6. The third-order valence-corrected chi connectivity index (χ3v) is 2.97. The SMILES string of the molecule is CNc1ccccc1.O=Cc1ccc(O)c2ncccc12. The van der Waals surface area contributed by atoms with E-state index in [-0.39, 0.29) is 5.75 Å². The second-order valence-electron chi connectivity index (χ2n) is 4.31. The number of hydrogen-bond acceptors (Lipinski definition) is 4. The number of carbonyl (C=O) groups excluding carboxylic acids is 1. The van der Waals surface area contributed by atoms with Crippen LogP contribution in [-0.2, 0) is 0 Å². The number of anilines is 1. The van der Waals surface area contributed by atoms with Gasteiger partial charge in [-0.05, 0) is 30.3 Å². The molecule has 0 aliphatic heterocycles. The van der Waals surface area contributed by atoms with Crippen molar-refractivity contribution in [2.75, 3.05) is 12.4 Å². The van der Waals surface area contributed by atoms with Gasteiger partial charge in [0.15, 0.2) is 6.29 Å². The van der Waals surface area contributed by atoms with Gasteiger partial charge in [0.05, 0.1) is 0 Å². The van der Waals surface area contributed by atoms with Crippen molar-refractivity contribution in [3.8, 4) is 5.75 Å². The topological polar surface area (TPSA) is 62.2 Å². The number of nitrogens with zero attached hydrogens (tertiary/aromatic N) is 1. The van der Waals surface area contributed by atoms with Gasteiger partial charge in [0.25, 0.3) is 0 Å². The molecule has 0 spiro atoms. The molecule has 0 amide bonds. The van der Waals surface area contributed by atoms with E-state index in [0.717, 1.165) is 12.0 Å². The summed E-state index contributed by atoms with van der Waals surface area (Å²) in [6.45, 7) is 0. The molecule has 1 heterocycles. The number of nitrogens with one attached hydrogen (secondary N) is 1. The molecule has 3 rings (SSSR count). The molecular formula is C17H16N2O2. The van der Waals surface area contributed by atoms with Gasteiger partial charge in [-0.25, -0.2) is 0 Å². The summed E-state index contributed by atoms with van der Waals surface area (Å²) in [5.74, 6) is 0.0983. The lowest BCUT2D eigenvalue weighted by molar-refractivity contribution is 0.112. The van der Waals surface area contributed by atoms with Gasteiger partial charge in [-0.1, -0.05) is 24.3 Å². The van der Waals surface area contributed by atoms with Gasteiger partial charge in [-0.2, -0.15) is 0 Å². The Kier molecular flexibility index (Phi) is 4.88. The Morgan fingerprint density at radius 1 is 1.05 bits per heavy atom. The van der Waals surface area contributed by atoms with Crippen molar-refractivity contribution < 1.29 is 9.90 Å². The summed E-state index contributed by atoms with van der Waals surface area (Å²) in [4.78, 5) is 14.6. The van der Waals surface area contributed by atoms with E-state index in [1.807, 2.05) is 37.4 Å². The molecule has 0 saturated carbocycles. The highest BCUT2D eigenvalue weighted by atomic mass is 16.3. The number of aromatic nitrogens is 1. The Morgan fingerprint density at radius 3 is 2.43 bits per heavy atom. The summed E-state index contributed by atoms with van der Waals surface area (Å²) in [5, 5.41) is 13.1. The molecule has 0 aliphatic rings. The molecule has 0 unspecified atom stereocenters. The fourth-order valence-corrected chi connectivity index (χ4v) is 1.89. The van der Waals surface area contributed by atoms with Crippen molar-refractivity contribution in [3.05, 3.63) is 66.4 Å². The van der Waals surface area contributed by atoms with Crippen LogP contribution in [0.2, 0.25) is 0 Å². The molecule has 0 fully saturated rings. The quantitative estimate of drug-likeness (QED) is 0.705. The Labute approximate surface area is 123 Å². The summed E-state index contributed by atoms with van der Waals surface area (Å²) >= 11 is 0. The number of rotatable bonds is 2. The fourth-order valence-electron chi connectivity index (χ4n) is 1.89. The van der Waals surface area contributed by atoms with E-state index in [0.29, 0.717) is 16.5 Å². The van der Waals surface area contributed by atoms with Crippen molar-refractivity contribution in [1.29, 1.82) is 0 Å². The van der Waals surface area contributed by atoms with Gasteiger partial charge in [0, 0.05) is 29.9 Å². The molecule has 106 valence electrons. The van der Waals surface area contributed by atoms with Crippen LogP contribution in [0, 0.1) is 0 Å². The standard InChI is InChI=1S/C10H7NO2.C7H9N/c12-6-7-3-4-9(13)10-8(7)2-1-5-11-10;1-8-7-5-3-2-4-6-7/h1-6,13H;2-6,8H,1H3. The Morgan fingerprint density at radius 2 is 1.81 bits per heavy atom. The van der Waals surface area contributed by atoms with Gasteiger partial charge < -0.3 is 10.4 Å². The molecule has 21 heavy (non-hydrogen) atoms. The smallest absolute Gasteiger partial charge is 0.150 e. The summed E-state index contributed by atoms with van der Waals surface area (Å²) in [7, 11) is 1.91. The van der Waals surface area contributed by atoms with E-state index in [9.17, 15) is 9.90 Å². The molecule has 0 radical (unpaired) electrons. The van der Waals surface area contributed by atoms with E-state index in [4.69, 9.17) is 0 Å². The maximum atomic E-state index is 10.6. The molecule has 2 N–H and O–H groups in total. The number of para-hydroxylation sites is 1.